The molecule has 0 aromatic heterocycles. The number of fused-ring (bicyclic) bond motifs is 2. The van der Waals surface area contributed by atoms with Gasteiger partial charge in [-0.25, -0.2) is 19.6 Å². The van der Waals surface area contributed by atoms with Crippen molar-refractivity contribution in [3.05, 3.63) is 69.8 Å². The molecule has 2 N–H and O–H groups in total. The lowest BCUT2D eigenvalue weighted by Crippen LogP contribution is -2.23. The number of cyclic esters (lactones) is 2. The zero-order chi connectivity index (χ0) is 32.2. The van der Waals surface area contributed by atoms with Crippen LogP contribution in [-0.4, -0.2) is 85.3 Å². The van der Waals surface area contributed by atoms with Gasteiger partial charge in [-0.05, 0) is 56.5 Å². The average molecular weight is 673 g/mol. The lowest BCUT2D eigenvalue weighted by Gasteiger charge is -2.19. The molecule has 0 amide bonds. The van der Waals surface area contributed by atoms with Crippen LogP contribution in [0.3, 0.4) is 0 Å². The third kappa shape index (κ3) is 9.61. The van der Waals surface area contributed by atoms with Gasteiger partial charge >= 0.3 is 11.9 Å². The van der Waals surface area contributed by atoms with Gasteiger partial charge in [-0.2, -0.15) is 40.4 Å². The first-order valence-corrected chi connectivity index (χ1v) is 18.7. The second-order valence-corrected chi connectivity index (χ2v) is 15.0. The Balaban J connectivity index is 0.000000236. The molecule has 0 saturated carbocycles. The van der Waals surface area contributed by atoms with Crippen molar-refractivity contribution < 1.29 is 45.0 Å². The smallest absolute Gasteiger partial charge is 0.345 e. The molecule has 2 aliphatic rings. The normalized spacial score (nSPS) is 17.2. The minimum Gasteiger partial charge on any atom is -0.404 e. The molecule has 2 aromatic rings. The molecular formula is C27H32N2O10S4. The number of esters is 2. The Morgan fingerprint density at radius 3 is 1.72 bits per heavy atom. The first-order chi connectivity index (χ1) is 19.9. The molecule has 2 aliphatic heterocycles. The molecule has 234 valence electrons. The lowest BCUT2D eigenvalue weighted by atomic mass is 10.0. The summed E-state index contributed by atoms with van der Waals surface area (Å²) >= 11 is 3.21. The van der Waals surface area contributed by atoms with Gasteiger partial charge in [0, 0.05) is 11.5 Å². The maximum absolute atomic E-state index is 11.9. The van der Waals surface area contributed by atoms with Crippen LogP contribution in [0.15, 0.2) is 46.4 Å². The Morgan fingerprint density at radius 1 is 0.814 bits per heavy atom. The van der Waals surface area contributed by atoms with Crippen LogP contribution >= 0.6 is 23.5 Å². The highest BCUT2D eigenvalue weighted by atomic mass is 32.2. The minimum atomic E-state index is -4.22. The Labute approximate surface area is 259 Å². The fourth-order valence-electron chi connectivity index (χ4n) is 4.38. The molecule has 0 bridgehead atoms. The van der Waals surface area contributed by atoms with Gasteiger partial charge in [0.05, 0.1) is 33.8 Å². The largest absolute Gasteiger partial charge is 0.404 e. The molecule has 43 heavy (non-hydrogen) atoms. The van der Waals surface area contributed by atoms with Crippen LogP contribution in [0.25, 0.3) is 0 Å². The monoisotopic (exact) mass is 672 g/mol. The predicted molar refractivity (Wildman–Crippen MR) is 168 cm³/mol. The van der Waals surface area contributed by atoms with Crippen LogP contribution in [0.5, 0.6) is 0 Å². The molecule has 0 spiro atoms. The first kappa shape index (κ1) is 34.7. The molecular weight excluding hydrogens is 641 g/mol. The Kier molecular flexibility index (Phi) is 11.2. The third-order valence-corrected chi connectivity index (χ3v) is 9.03. The summed E-state index contributed by atoms with van der Waals surface area (Å²) in [6, 6.07) is 9.19. The topological polar surface area (TPSA) is 186 Å². The zero-order valence-corrected chi connectivity index (χ0v) is 27.3. The predicted octanol–water partition coefficient (Wildman–Crippen LogP) is 3.88. The summed E-state index contributed by atoms with van der Waals surface area (Å²) in [6.07, 6.45) is 3.88. The van der Waals surface area contributed by atoms with E-state index in [4.69, 9.17) is 18.6 Å². The molecule has 16 heteroatoms. The van der Waals surface area contributed by atoms with Gasteiger partial charge in [-0.15, -0.1) is 0 Å². The molecule has 0 fully saturated rings. The molecule has 1 atom stereocenters. The van der Waals surface area contributed by atoms with Gasteiger partial charge in [-0.1, -0.05) is 24.3 Å². The van der Waals surface area contributed by atoms with Crippen LogP contribution in [0.1, 0.15) is 63.7 Å². The van der Waals surface area contributed by atoms with Gasteiger partial charge in [0.25, 0.3) is 20.2 Å². The quantitative estimate of drug-likeness (QED) is 0.275. The van der Waals surface area contributed by atoms with Crippen molar-refractivity contribution in [1.82, 2.24) is 0 Å². The highest BCUT2D eigenvalue weighted by molar-refractivity contribution is 7.98. The molecule has 0 saturated heterocycles. The number of rotatable bonds is 10. The van der Waals surface area contributed by atoms with Crippen LogP contribution < -0.4 is 0 Å². The number of hydrogen-bond donors (Lipinski definition) is 2. The first-order valence-electron chi connectivity index (χ1n) is 12.7. The number of nitrogens with zero attached hydrogens (tertiary/aromatic N) is 2. The van der Waals surface area contributed by atoms with Gasteiger partial charge in [0.1, 0.15) is 11.5 Å². The zero-order valence-electron chi connectivity index (χ0n) is 24.1. The molecule has 4 rings (SSSR count). The fourth-order valence-corrected chi connectivity index (χ4v) is 6.97. The van der Waals surface area contributed by atoms with E-state index in [1.807, 2.05) is 33.3 Å². The molecule has 1 unspecified atom stereocenters. The lowest BCUT2D eigenvalue weighted by molar-refractivity contribution is 0.0726. The van der Waals surface area contributed by atoms with E-state index in [2.05, 4.69) is 9.98 Å². The van der Waals surface area contributed by atoms with Crippen LogP contribution in [0.4, 0.5) is 0 Å². The molecule has 0 aliphatic carbocycles. The van der Waals surface area contributed by atoms with Crippen LogP contribution in [0, 0.1) is 0 Å². The maximum atomic E-state index is 11.9. The summed E-state index contributed by atoms with van der Waals surface area (Å²) in [7, 11) is -8.42. The summed E-state index contributed by atoms with van der Waals surface area (Å²) < 4.78 is 72.9. The number of carbonyl (C=O) groups is 2. The molecule has 2 aromatic carbocycles. The third-order valence-electron chi connectivity index (χ3n) is 5.87. The fraction of sp³-hybridized carbons (Fsp3) is 0.407. The van der Waals surface area contributed by atoms with E-state index in [0.29, 0.717) is 28.0 Å². The van der Waals surface area contributed by atoms with Crippen LogP contribution in [0.2, 0.25) is 0 Å². The standard InChI is InChI=1S/C14H17NO5S2.C13H15NO5S2/c1-14(2,8-21-3)15-12-11-9(7-22(17,18)19)5-4-6-10(11)13(16)20-12;1-8(6-20-2)14-12-11-9(7-21(16,17)18)4-3-5-10(11)13(15)19-12/h4-6H,7-8H2,1-3H3,(H,17,18,19);3-5,8H,6-7H2,1-2H3,(H,16,17,18). The second-order valence-electron chi connectivity index (χ2n) is 10.3. The van der Waals surface area contributed by atoms with Gasteiger partial charge < -0.3 is 9.47 Å². The Bertz CT molecular complexity index is 1680. The summed E-state index contributed by atoms with van der Waals surface area (Å²) in [4.78, 5) is 32.5. The van der Waals surface area contributed by atoms with Gasteiger partial charge in [-0.3, -0.25) is 9.11 Å². The van der Waals surface area contributed by atoms with E-state index >= 15 is 0 Å². The molecule has 12 nitrogen and oxygen atoms in total. The number of thioether (sulfide) groups is 2. The highest BCUT2D eigenvalue weighted by Gasteiger charge is 2.34. The van der Waals surface area contributed by atoms with Crippen molar-refractivity contribution in [2.45, 2.75) is 43.9 Å². The number of carbonyl (C=O) groups excluding carboxylic acids is 2. The number of aliphatic imine (C=N–C) groups is 2. The van der Waals surface area contributed by atoms with E-state index in [-0.39, 0.29) is 29.0 Å². The van der Waals surface area contributed by atoms with Crippen molar-refractivity contribution in [3.63, 3.8) is 0 Å². The second kappa shape index (κ2) is 13.9. The summed E-state index contributed by atoms with van der Waals surface area (Å²) in [6.45, 7) is 5.67. The van der Waals surface area contributed by atoms with Crippen molar-refractivity contribution in [1.29, 1.82) is 0 Å². The minimum absolute atomic E-state index is 0.0764. The van der Waals surface area contributed by atoms with E-state index in [1.54, 1.807) is 47.8 Å². The van der Waals surface area contributed by atoms with Crippen molar-refractivity contribution in [3.8, 4) is 0 Å². The number of hydrogen-bond acceptors (Lipinski definition) is 12. The van der Waals surface area contributed by atoms with E-state index in [1.165, 1.54) is 12.1 Å². The van der Waals surface area contributed by atoms with Crippen molar-refractivity contribution in [2.24, 2.45) is 9.98 Å². The summed E-state index contributed by atoms with van der Waals surface area (Å²) in [5, 5.41) is 0. The van der Waals surface area contributed by atoms with Crippen LogP contribution in [-0.2, 0) is 41.2 Å². The van der Waals surface area contributed by atoms with E-state index in [0.717, 1.165) is 5.75 Å². The number of benzene rings is 2. The average Bonchev–Trinajstić information content (AvgIpc) is 3.34. The Morgan fingerprint density at radius 2 is 1.28 bits per heavy atom. The molecule has 2 heterocycles. The highest BCUT2D eigenvalue weighted by Crippen LogP contribution is 2.29. The Hall–Kier alpha value is -2.76. The van der Waals surface area contributed by atoms with Crippen molar-refractivity contribution in [2.75, 3.05) is 24.0 Å². The maximum Gasteiger partial charge on any atom is 0.345 e. The number of ether oxygens (including phenoxy) is 2. The van der Waals surface area contributed by atoms with Crippen molar-refractivity contribution >= 4 is 67.5 Å². The SMILES string of the molecule is CSCC(C)(C)N=C1OC(=O)c2cccc(CS(=O)(=O)O)c21.CSCC(C)N=C1OC(=O)c2cccc(CS(=O)(=O)O)c21. The van der Waals surface area contributed by atoms with Gasteiger partial charge in [0.15, 0.2) is 0 Å². The summed E-state index contributed by atoms with van der Waals surface area (Å²) in [5.74, 6) is -0.601. The summed E-state index contributed by atoms with van der Waals surface area (Å²) in [5.41, 5.74) is 1.36. The van der Waals surface area contributed by atoms with Gasteiger partial charge in [0.2, 0.25) is 11.8 Å². The van der Waals surface area contributed by atoms with E-state index < -0.39 is 49.2 Å². The van der Waals surface area contributed by atoms with E-state index in [9.17, 15) is 26.4 Å². The molecule has 0 radical (unpaired) electrons.